The van der Waals surface area contributed by atoms with Crippen LogP contribution in [-0.2, 0) is 14.4 Å². The van der Waals surface area contributed by atoms with Crippen LogP contribution in [0.25, 0.3) is 0 Å². The highest BCUT2D eigenvalue weighted by Crippen LogP contribution is 2.46. The van der Waals surface area contributed by atoms with Crippen LogP contribution >= 0.6 is 0 Å². The number of carboxylic acid groups (broad SMARTS) is 1. The second-order valence-corrected chi connectivity index (χ2v) is 5.16. The summed E-state index contributed by atoms with van der Waals surface area (Å²) in [5.41, 5.74) is -1.04. The van der Waals surface area contributed by atoms with Crippen molar-refractivity contribution in [3.63, 3.8) is 0 Å². The van der Waals surface area contributed by atoms with Gasteiger partial charge in [0.25, 0.3) is 0 Å². The molecule has 0 bridgehead atoms. The summed E-state index contributed by atoms with van der Waals surface area (Å²) in [6.07, 6.45) is 1.31. The van der Waals surface area contributed by atoms with Crippen molar-refractivity contribution in [3.05, 3.63) is 0 Å². The summed E-state index contributed by atoms with van der Waals surface area (Å²) < 4.78 is 0. The fourth-order valence-electron chi connectivity index (χ4n) is 1.91. The number of aliphatic carboxylic acids is 1. The first-order valence-electron chi connectivity index (χ1n) is 6.09. The van der Waals surface area contributed by atoms with Crippen molar-refractivity contribution in [1.29, 1.82) is 0 Å². The molecular formula is C12H20N2O4. The Morgan fingerprint density at radius 3 is 2.11 bits per heavy atom. The average molecular weight is 256 g/mol. The van der Waals surface area contributed by atoms with E-state index in [0.717, 1.165) is 0 Å². The summed E-state index contributed by atoms with van der Waals surface area (Å²) in [7, 11) is 1.47. The summed E-state index contributed by atoms with van der Waals surface area (Å²) in [6.45, 7) is 3.77. The Morgan fingerprint density at radius 1 is 1.22 bits per heavy atom. The summed E-state index contributed by atoms with van der Waals surface area (Å²) in [4.78, 5) is 34.6. The molecule has 3 N–H and O–H groups in total. The highest BCUT2D eigenvalue weighted by atomic mass is 16.4. The first-order chi connectivity index (χ1) is 8.33. The molecule has 0 aromatic carbocycles. The number of rotatable bonds is 6. The molecule has 1 rings (SSSR count). The molecule has 0 unspecified atom stereocenters. The molecular weight excluding hydrogens is 236 g/mol. The van der Waals surface area contributed by atoms with Crippen LogP contribution in [-0.4, -0.2) is 36.0 Å². The molecule has 1 saturated carbocycles. The Morgan fingerprint density at radius 2 is 1.78 bits per heavy atom. The van der Waals surface area contributed by atoms with Gasteiger partial charge in [0.15, 0.2) is 0 Å². The molecule has 0 radical (unpaired) electrons. The number of hydrogen-bond donors (Lipinski definition) is 3. The molecule has 1 aliphatic rings. The molecule has 0 spiro atoms. The SMILES string of the molecule is CNC(=O)C1(C(=O)N[C@H](CC(C)C)C(=O)O)CC1. The molecule has 2 amide bonds. The van der Waals surface area contributed by atoms with E-state index in [9.17, 15) is 14.4 Å². The number of amides is 2. The van der Waals surface area contributed by atoms with E-state index < -0.39 is 23.3 Å². The van der Waals surface area contributed by atoms with E-state index in [1.807, 2.05) is 13.8 Å². The Hall–Kier alpha value is -1.59. The lowest BCUT2D eigenvalue weighted by Gasteiger charge is -2.20. The molecule has 6 heteroatoms. The van der Waals surface area contributed by atoms with Gasteiger partial charge in [0.05, 0.1) is 0 Å². The lowest BCUT2D eigenvalue weighted by molar-refractivity contribution is -0.145. The summed E-state index contributed by atoms with van der Waals surface area (Å²) in [6, 6.07) is -0.931. The molecule has 0 heterocycles. The Balaban J connectivity index is 2.68. The molecule has 0 aromatic rings. The number of carboxylic acids is 1. The lowest BCUT2D eigenvalue weighted by atomic mass is 10.0. The summed E-state index contributed by atoms with van der Waals surface area (Å²) in [5.74, 6) is -1.73. The van der Waals surface area contributed by atoms with Crippen molar-refractivity contribution in [2.24, 2.45) is 11.3 Å². The highest BCUT2D eigenvalue weighted by molar-refractivity contribution is 6.08. The fraction of sp³-hybridized carbons (Fsp3) is 0.750. The quantitative estimate of drug-likeness (QED) is 0.588. The second kappa shape index (κ2) is 5.37. The van der Waals surface area contributed by atoms with Gasteiger partial charge in [-0.3, -0.25) is 9.59 Å². The van der Waals surface area contributed by atoms with E-state index >= 15 is 0 Å². The van der Waals surface area contributed by atoms with Crippen LogP contribution in [0, 0.1) is 11.3 Å². The highest BCUT2D eigenvalue weighted by Gasteiger charge is 2.56. The zero-order valence-electron chi connectivity index (χ0n) is 10.9. The Kier molecular flexibility index (Phi) is 4.32. The van der Waals surface area contributed by atoms with Crippen molar-refractivity contribution in [2.45, 2.75) is 39.2 Å². The molecule has 0 saturated heterocycles. The van der Waals surface area contributed by atoms with Crippen LogP contribution in [0.15, 0.2) is 0 Å². The number of nitrogens with one attached hydrogen (secondary N) is 2. The maximum absolute atomic E-state index is 12.0. The molecule has 0 aromatic heterocycles. The fourth-order valence-corrected chi connectivity index (χ4v) is 1.91. The smallest absolute Gasteiger partial charge is 0.326 e. The molecule has 0 aliphatic heterocycles. The lowest BCUT2D eigenvalue weighted by Crippen LogP contribution is -2.48. The Labute approximate surface area is 106 Å². The van der Waals surface area contributed by atoms with E-state index in [-0.39, 0.29) is 11.8 Å². The normalized spacial score (nSPS) is 18.0. The largest absolute Gasteiger partial charge is 0.480 e. The average Bonchev–Trinajstić information content (AvgIpc) is 3.07. The van der Waals surface area contributed by atoms with Crippen LogP contribution < -0.4 is 10.6 Å². The van der Waals surface area contributed by atoms with Gasteiger partial charge in [-0.1, -0.05) is 13.8 Å². The van der Waals surface area contributed by atoms with Crippen LogP contribution in [0.3, 0.4) is 0 Å². The Bertz CT molecular complexity index is 361. The van der Waals surface area contributed by atoms with E-state index in [1.54, 1.807) is 0 Å². The van der Waals surface area contributed by atoms with Gasteiger partial charge in [-0.25, -0.2) is 4.79 Å². The zero-order valence-corrected chi connectivity index (χ0v) is 10.9. The molecule has 102 valence electrons. The van der Waals surface area contributed by atoms with Gasteiger partial charge < -0.3 is 15.7 Å². The van der Waals surface area contributed by atoms with Gasteiger partial charge >= 0.3 is 5.97 Å². The van der Waals surface area contributed by atoms with Crippen molar-refractivity contribution >= 4 is 17.8 Å². The molecule has 1 atom stereocenters. The predicted octanol–water partition coefficient (Wildman–Crippen LogP) is 0.128. The van der Waals surface area contributed by atoms with E-state index in [4.69, 9.17) is 5.11 Å². The minimum atomic E-state index is -1.07. The van der Waals surface area contributed by atoms with Crippen molar-refractivity contribution < 1.29 is 19.5 Å². The zero-order chi connectivity index (χ0) is 13.9. The van der Waals surface area contributed by atoms with Gasteiger partial charge in [0, 0.05) is 7.05 Å². The maximum atomic E-state index is 12.0. The minimum absolute atomic E-state index is 0.154. The van der Waals surface area contributed by atoms with E-state index in [2.05, 4.69) is 10.6 Å². The standard InChI is InChI=1S/C12H20N2O4/c1-7(2)6-8(9(15)16)14-11(18)12(4-5-12)10(17)13-3/h7-8H,4-6H2,1-3H3,(H,13,17)(H,14,18)(H,15,16)/t8-/m1/s1. The van der Waals surface area contributed by atoms with Crippen molar-refractivity contribution in [3.8, 4) is 0 Å². The predicted molar refractivity (Wildman–Crippen MR) is 64.8 cm³/mol. The van der Waals surface area contributed by atoms with E-state index in [1.165, 1.54) is 7.05 Å². The molecule has 1 fully saturated rings. The molecule has 18 heavy (non-hydrogen) atoms. The van der Waals surface area contributed by atoms with Crippen LogP contribution in [0.1, 0.15) is 33.1 Å². The number of carbonyl (C=O) groups excluding carboxylic acids is 2. The monoisotopic (exact) mass is 256 g/mol. The third-order valence-corrected chi connectivity index (χ3v) is 3.16. The van der Waals surface area contributed by atoms with Crippen molar-refractivity contribution in [2.75, 3.05) is 7.05 Å². The minimum Gasteiger partial charge on any atom is -0.480 e. The number of hydrogen-bond acceptors (Lipinski definition) is 3. The second-order valence-electron chi connectivity index (χ2n) is 5.16. The van der Waals surface area contributed by atoms with Gasteiger partial charge in [0.1, 0.15) is 11.5 Å². The van der Waals surface area contributed by atoms with Gasteiger partial charge in [-0.05, 0) is 25.2 Å². The number of carbonyl (C=O) groups is 3. The van der Waals surface area contributed by atoms with Crippen LogP contribution in [0.4, 0.5) is 0 Å². The topological polar surface area (TPSA) is 95.5 Å². The third-order valence-electron chi connectivity index (χ3n) is 3.16. The molecule has 6 nitrogen and oxygen atoms in total. The summed E-state index contributed by atoms with van der Waals surface area (Å²) in [5, 5.41) is 13.9. The maximum Gasteiger partial charge on any atom is 0.326 e. The van der Waals surface area contributed by atoms with Gasteiger partial charge in [-0.15, -0.1) is 0 Å². The van der Waals surface area contributed by atoms with Crippen LogP contribution in [0.2, 0.25) is 0 Å². The summed E-state index contributed by atoms with van der Waals surface area (Å²) >= 11 is 0. The first kappa shape index (κ1) is 14.5. The first-order valence-corrected chi connectivity index (χ1v) is 6.09. The van der Waals surface area contributed by atoms with Crippen LogP contribution in [0.5, 0.6) is 0 Å². The van der Waals surface area contributed by atoms with Gasteiger partial charge in [-0.2, -0.15) is 0 Å². The third kappa shape index (κ3) is 3.00. The van der Waals surface area contributed by atoms with Crippen molar-refractivity contribution in [1.82, 2.24) is 10.6 Å². The molecule has 1 aliphatic carbocycles. The van der Waals surface area contributed by atoms with E-state index in [0.29, 0.717) is 19.3 Å². The van der Waals surface area contributed by atoms with Gasteiger partial charge in [0.2, 0.25) is 11.8 Å².